The molecule has 0 spiro atoms. The van der Waals surface area contributed by atoms with Crippen LogP contribution < -0.4 is 5.73 Å². The van der Waals surface area contributed by atoms with Crippen LogP contribution in [0.1, 0.15) is 32.1 Å². The van der Waals surface area contributed by atoms with Crippen molar-refractivity contribution in [2.75, 3.05) is 31.8 Å². The Kier molecular flexibility index (Phi) is 5.62. The molecular weight excluding hydrogens is 292 g/mol. The third-order valence-electron chi connectivity index (χ3n) is 4.59. The minimum atomic E-state index is -2.99. The van der Waals surface area contributed by atoms with Crippen LogP contribution >= 0.6 is 0 Å². The van der Waals surface area contributed by atoms with Crippen molar-refractivity contribution in [2.45, 2.75) is 44.2 Å². The fourth-order valence-electron chi connectivity index (χ4n) is 3.28. The summed E-state index contributed by atoms with van der Waals surface area (Å²) < 4.78 is 28.4. The minimum absolute atomic E-state index is 0.00930. The van der Waals surface area contributed by atoms with Crippen LogP contribution in [0.3, 0.4) is 0 Å². The maximum Gasteiger partial charge on any atom is 0.226 e. The molecule has 1 saturated carbocycles. The first-order chi connectivity index (χ1) is 9.93. The van der Waals surface area contributed by atoms with Crippen molar-refractivity contribution < 1.29 is 17.9 Å². The summed E-state index contributed by atoms with van der Waals surface area (Å²) in [6.45, 7) is 0.909. The van der Waals surface area contributed by atoms with Crippen molar-refractivity contribution >= 4 is 15.7 Å². The third kappa shape index (κ3) is 4.40. The monoisotopic (exact) mass is 318 g/mol. The van der Waals surface area contributed by atoms with E-state index >= 15 is 0 Å². The van der Waals surface area contributed by atoms with Crippen LogP contribution in [-0.4, -0.2) is 63.1 Å². The Morgan fingerprint density at radius 2 is 1.90 bits per heavy atom. The predicted molar refractivity (Wildman–Crippen MR) is 80.6 cm³/mol. The summed E-state index contributed by atoms with van der Waals surface area (Å²) >= 11 is 0. The molecule has 2 fully saturated rings. The molecule has 1 aliphatic heterocycles. The van der Waals surface area contributed by atoms with E-state index < -0.39 is 9.84 Å². The fourth-order valence-corrected chi connectivity index (χ4v) is 5.01. The second kappa shape index (κ2) is 7.07. The molecule has 2 rings (SSSR count). The molecular formula is C14H26N2O4S. The van der Waals surface area contributed by atoms with Gasteiger partial charge in [-0.1, -0.05) is 0 Å². The van der Waals surface area contributed by atoms with Gasteiger partial charge in [-0.3, -0.25) is 4.79 Å². The summed E-state index contributed by atoms with van der Waals surface area (Å²) in [6.07, 6.45) is 3.91. The highest BCUT2D eigenvalue weighted by atomic mass is 32.2. The van der Waals surface area contributed by atoms with Gasteiger partial charge in [0.2, 0.25) is 5.91 Å². The summed E-state index contributed by atoms with van der Waals surface area (Å²) in [7, 11) is -1.40. The molecule has 0 bridgehead atoms. The first-order valence-corrected chi connectivity index (χ1v) is 9.50. The predicted octanol–water partition coefficient (Wildman–Crippen LogP) is 0.166. The van der Waals surface area contributed by atoms with Crippen LogP contribution in [0.15, 0.2) is 0 Å². The Labute approximate surface area is 126 Å². The molecule has 2 N–H and O–H groups in total. The number of nitrogens with zero attached hydrogens (tertiary/aromatic N) is 1. The van der Waals surface area contributed by atoms with Crippen molar-refractivity contribution in [3.05, 3.63) is 0 Å². The van der Waals surface area contributed by atoms with Crippen molar-refractivity contribution in [1.82, 2.24) is 4.90 Å². The van der Waals surface area contributed by atoms with Crippen LogP contribution in [0.25, 0.3) is 0 Å². The molecule has 1 unspecified atom stereocenters. The number of rotatable bonds is 5. The SMILES string of the molecule is COCCN(C(=O)C1CCC(N)CC1)C1CCS(=O)(=O)C1. The van der Waals surface area contributed by atoms with Gasteiger partial charge in [-0.15, -0.1) is 0 Å². The molecule has 0 aromatic heterocycles. The molecule has 1 aliphatic carbocycles. The Balaban J connectivity index is 2.03. The van der Waals surface area contributed by atoms with Crippen LogP contribution in [0.2, 0.25) is 0 Å². The lowest BCUT2D eigenvalue weighted by molar-refractivity contribution is -0.139. The normalized spacial score (nSPS) is 32.0. The number of ether oxygens (including phenoxy) is 1. The average molecular weight is 318 g/mol. The maximum absolute atomic E-state index is 12.7. The number of carbonyl (C=O) groups is 1. The molecule has 0 aromatic carbocycles. The van der Waals surface area contributed by atoms with E-state index in [2.05, 4.69) is 0 Å². The number of carbonyl (C=O) groups excluding carboxylic acids is 1. The first kappa shape index (κ1) is 16.7. The zero-order valence-electron chi connectivity index (χ0n) is 12.7. The molecule has 1 saturated heterocycles. The van der Waals surface area contributed by atoms with E-state index in [1.54, 1.807) is 12.0 Å². The van der Waals surface area contributed by atoms with Gasteiger partial charge in [-0.05, 0) is 32.1 Å². The zero-order valence-corrected chi connectivity index (χ0v) is 13.5. The molecule has 1 amide bonds. The number of hydrogen-bond acceptors (Lipinski definition) is 5. The second-order valence-corrected chi connectivity index (χ2v) is 8.42. The molecule has 1 atom stereocenters. The summed E-state index contributed by atoms with van der Waals surface area (Å²) in [5.74, 6) is 0.351. The van der Waals surface area contributed by atoms with Gasteiger partial charge >= 0.3 is 0 Å². The van der Waals surface area contributed by atoms with Gasteiger partial charge in [0.1, 0.15) is 0 Å². The number of nitrogens with two attached hydrogens (primary N) is 1. The zero-order chi connectivity index (χ0) is 15.5. The number of hydrogen-bond donors (Lipinski definition) is 1. The summed E-state index contributed by atoms with van der Waals surface area (Å²) in [5.41, 5.74) is 5.89. The van der Waals surface area contributed by atoms with Crippen molar-refractivity contribution in [3.8, 4) is 0 Å². The maximum atomic E-state index is 12.7. The smallest absolute Gasteiger partial charge is 0.226 e. The Morgan fingerprint density at radius 3 is 2.43 bits per heavy atom. The largest absolute Gasteiger partial charge is 0.383 e. The van der Waals surface area contributed by atoms with Crippen LogP contribution in [-0.2, 0) is 19.4 Å². The first-order valence-electron chi connectivity index (χ1n) is 7.68. The van der Waals surface area contributed by atoms with E-state index in [1.807, 2.05) is 0 Å². The van der Waals surface area contributed by atoms with Crippen LogP contribution in [0.5, 0.6) is 0 Å². The molecule has 122 valence electrons. The van der Waals surface area contributed by atoms with Crippen LogP contribution in [0, 0.1) is 5.92 Å². The Bertz CT molecular complexity index is 458. The summed E-state index contributed by atoms with van der Waals surface area (Å²) in [4.78, 5) is 14.5. The topological polar surface area (TPSA) is 89.7 Å². The van der Waals surface area contributed by atoms with Crippen molar-refractivity contribution in [1.29, 1.82) is 0 Å². The molecule has 2 aliphatic rings. The van der Waals surface area contributed by atoms with Gasteiger partial charge < -0.3 is 15.4 Å². The molecule has 1 heterocycles. The molecule has 0 radical (unpaired) electrons. The number of methoxy groups -OCH3 is 1. The van der Waals surface area contributed by atoms with E-state index in [4.69, 9.17) is 10.5 Å². The van der Waals surface area contributed by atoms with Gasteiger partial charge in [0.25, 0.3) is 0 Å². The quantitative estimate of drug-likeness (QED) is 0.780. The van der Waals surface area contributed by atoms with Gasteiger partial charge in [0, 0.05) is 31.7 Å². The lowest BCUT2D eigenvalue weighted by atomic mass is 9.85. The fraction of sp³-hybridized carbons (Fsp3) is 0.929. The van der Waals surface area contributed by atoms with Gasteiger partial charge in [0.05, 0.1) is 18.1 Å². The molecule has 0 aromatic rings. The second-order valence-electron chi connectivity index (χ2n) is 6.19. The summed E-state index contributed by atoms with van der Waals surface area (Å²) in [6, 6.07) is 0.0154. The lowest BCUT2D eigenvalue weighted by Gasteiger charge is -2.34. The highest BCUT2D eigenvalue weighted by Gasteiger charge is 2.37. The number of sulfone groups is 1. The van der Waals surface area contributed by atoms with Crippen LogP contribution in [0.4, 0.5) is 0 Å². The van der Waals surface area contributed by atoms with Gasteiger partial charge in [-0.2, -0.15) is 0 Å². The van der Waals surface area contributed by atoms with Gasteiger partial charge in [0.15, 0.2) is 9.84 Å². The van der Waals surface area contributed by atoms with Crippen molar-refractivity contribution in [2.24, 2.45) is 11.7 Å². The minimum Gasteiger partial charge on any atom is -0.383 e. The Hall–Kier alpha value is -0.660. The lowest BCUT2D eigenvalue weighted by Crippen LogP contribution is -2.47. The van der Waals surface area contributed by atoms with E-state index in [-0.39, 0.29) is 35.4 Å². The van der Waals surface area contributed by atoms with Gasteiger partial charge in [-0.25, -0.2) is 8.42 Å². The van der Waals surface area contributed by atoms with E-state index in [1.165, 1.54) is 0 Å². The third-order valence-corrected chi connectivity index (χ3v) is 6.34. The molecule has 7 heteroatoms. The number of amides is 1. The van der Waals surface area contributed by atoms with E-state index in [9.17, 15) is 13.2 Å². The Morgan fingerprint density at radius 1 is 1.24 bits per heavy atom. The molecule has 6 nitrogen and oxygen atoms in total. The van der Waals surface area contributed by atoms with E-state index in [0.29, 0.717) is 19.6 Å². The van der Waals surface area contributed by atoms with E-state index in [0.717, 1.165) is 25.7 Å². The highest BCUT2D eigenvalue weighted by Crippen LogP contribution is 2.27. The average Bonchev–Trinajstić information content (AvgIpc) is 2.80. The standard InChI is InChI=1S/C14H26N2O4S/c1-20-8-7-16(13-6-9-21(18,19)10-13)14(17)11-2-4-12(15)5-3-11/h11-13H,2-10,15H2,1H3. The van der Waals surface area contributed by atoms with Crippen molar-refractivity contribution in [3.63, 3.8) is 0 Å². The summed E-state index contributed by atoms with van der Waals surface area (Å²) in [5, 5.41) is 0. The highest BCUT2D eigenvalue weighted by molar-refractivity contribution is 7.91. The molecule has 21 heavy (non-hydrogen) atoms.